The van der Waals surface area contributed by atoms with E-state index in [1.165, 1.54) is 0 Å². The van der Waals surface area contributed by atoms with E-state index in [0.717, 1.165) is 54.1 Å². The summed E-state index contributed by atoms with van der Waals surface area (Å²) >= 11 is 0. The van der Waals surface area contributed by atoms with Crippen LogP contribution >= 0.6 is 0 Å². The Morgan fingerprint density at radius 1 is 0.912 bits per heavy atom. The molecule has 16 heteroatoms. The molecule has 0 saturated carbocycles. The number of carbonyl (C=O) groups is 4. The van der Waals surface area contributed by atoms with Crippen LogP contribution in [0.1, 0.15) is 63.8 Å². The third kappa shape index (κ3) is 8.05. The van der Waals surface area contributed by atoms with Crippen LogP contribution in [0, 0.1) is 0 Å². The average molecular weight is 773 g/mol. The molecule has 0 radical (unpaired) electrons. The van der Waals surface area contributed by atoms with E-state index in [1.54, 1.807) is 47.6 Å². The molecule has 16 nitrogen and oxygen atoms in total. The van der Waals surface area contributed by atoms with Crippen LogP contribution in [0.3, 0.4) is 0 Å². The fraction of sp³-hybridized carbons (Fsp3) is 0.341. The standard InChI is InChI=1S/C41H44N10O6/c42-37-36-35(26-9-11-27(12-10-26)39(53)46-33-8-1-2-15-44-33)48-38(50(36)19-16-45-37)31-7-4-18-49(31)20-22-57-24-23-56-21-17-43-30-6-3-5-28-29(30)25-51(41(28)55)32-13-14-34(52)47-40(32)54/h1-3,5-6,8-12,15-16,19,31-32,43H,4,7,13-14,17-18,20-25H2,(H2,42,45)(H,44,46,53)(H,47,52,54)/t31-,32?/m0/s1. The van der Waals surface area contributed by atoms with Crippen molar-refractivity contribution in [1.82, 2.24) is 34.5 Å². The molecule has 3 aromatic heterocycles. The molecule has 57 heavy (non-hydrogen) atoms. The van der Waals surface area contributed by atoms with Crippen molar-refractivity contribution in [3.8, 4) is 11.3 Å². The van der Waals surface area contributed by atoms with Crippen molar-refractivity contribution in [3.05, 3.63) is 102 Å². The van der Waals surface area contributed by atoms with Crippen molar-refractivity contribution < 1.29 is 28.7 Å². The predicted octanol–water partition coefficient (Wildman–Crippen LogP) is 3.67. The number of nitrogens with one attached hydrogen (secondary N) is 3. The number of anilines is 3. The Balaban J connectivity index is 0.806. The number of piperidine rings is 1. The van der Waals surface area contributed by atoms with Crippen molar-refractivity contribution in [2.24, 2.45) is 0 Å². The first-order valence-electron chi connectivity index (χ1n) is 19.2. The number of rotatable bonds is 15. The van der Waals surface area contributed by atoms with E-state index >= 15 is 0 Å². The Hall–Kier alpha value is -6.23. The quantitative estimate of drug-likeness (QED) is 0.0892. The summed E-state index contributed by atoms with van der Waals surface area (Å²) in [6.07, 6.45) is 7.72. The number of carbonyl (C=O) groups excluding carboxylic acids is 4. The van der Waals surface area contributed by atoms with Gasteiger partial charge in [0, 0.05) is 72.6 Å². The first-order chi connectivity index (χ1) is 27.9. The number of aromatic nitrogens is 4. The second-order valence-corrected chi connectivity index (χ2v) is 14.2. The van der Waals surface area contributed by atoms with Gasteiger partial charge in [-0.05, 0) is 62.2 Å². The number of nitrogens with two attached hydrogens (primary N) is 1. The molecule has 2 aromatic carbocycles. The summed E-state index contributed by atoms with van der Waals surface area (Å²) in [6, 6.07) is 17.5. The van der Waals surface area contributed by atoms with Crippen molar-refractivity contribution in [2.45, 2.75) is 44.3 Å². The highest BCUT2D eigenvalue weighted by Crippen LogP contribution is 2.36. The number of benzene rings is 2. The number of ether oxygens (including phenoxy) is 2. The van der Waals surface area contributed by atoms with Gasteiger partial charge in [-0.15, -0.1) is 0 Å². The van der Waals surface area contributed by atoms with Crippen LogP contribution < -0.4 is 21.7 Å². The van der Waals surface area contributed by atoms with E-state index in [2.05, 4.69) is 30.8 Å². The predicted molar refractivity (Wildman–Crippen MR) is 211 cm³/mol. The normalized spacial score (nSPS) is 18.2. The fourth-order valence-corrected chi connectivity index (χ4v) is 7.83. The topological polar surface area (TPSA) is 198 Å². The number of likely N-dealkylation sites (tertiary alicyclic amines) is 1. The molecule has 0 spiro atoms. The Morgan fingerprint density at radius 3 is 2.56 bits per heavy atom. The Kier molecular flexibility index (Phi) is 11.2. The largest absolute Gasteiger partial charge is 0.382 e. The van der Waals surface area contributed by atoms with E-state index in [9.17, 15) is 19.2 Å². The van der Waals surface area contributed by atoms with E-state index in [0.29, 0.717) is 74.4 Å². The Morgan fingerprint density at radius 2 is 1.75 bits per heavy atom. The number of nitrogens with zero attached hydrogens (tertiary/aromatic N) is 6. The minimum absolute atomic E-state index is 0.0632. The van der Waals surface area contributed by atoms with Gasteiger partial charge in [0.2, 0.25) is 11.8 Å². The smallest absolute Gasteiger partial charge is 0.256 e. The first kappa shape index (κ1) is 37.7. The Bertz CT molecular complexity index is 2280. The van der Waals surface area contributed by atoms with Crippen LogP contribution in [0.5, 0.6) is 0 Å². The van der Waals surface area contributed by atoms with Crippen LogP contribution in [0.4, 0.5) is 17.3 Å². The molecule has 0 bridgehead atoms. The van der Waals surface area contributed by atoms with Gasteiger partial charge >= 0.3 is 0 Å². The third-order valence-electron chi connectivity index (χ3n) is 10.6. The van der Waals surface area contributed by atoms with Gasteiger partial charge in [-0.2, -0.15) is 0 Å². The highest BCUT2D eigenvalue weighted by molar-refractivity contribution is 6.06. The molecule has 4 amide bonds. The number of imidazole rings is 1. The maximum atomic E-state index is 13.1. The SMILES string of the molecule is Nc1nccn2c([C@@H]3CCCN3CCOCCOCCNc3cccc4c3CN(C3CCC(=O)NC3=O)C4=O)nc(-c3ccc(C(=O)Nc4ccccn4)cc3)c12. The van der Waals surface area contributed by atoms with Gasteiger partial charge < -0.3 is 30.7 Å². The van der Waals surface area contributed by atoms with Crippen LogP contribution in [-0.4, -0.2) is 105 Å². The average Bonchev–Trinajstić information content (AvgIpc) is 3.94. The number of fused-ring (bicyclic) bond motifs is 2. The number of amides is 4. The van der Waals surface area contributed by atoms with Gasteiger partial charge in [0.1, 0.15) is 34.7 Å². The van der Waals surface area contributed by atoms with Gasteiger partial charge in [0.15, 0.2) is 0 Å². The molecular formula is C41H44N10O6. The highest BCUT2D eigenvalue weighted by atomic mass is 16.5. The molecule has 1 unspecified atom stereocenters. The van der Waals surface area contributed by atoms with Crippen LogP contribution in [0.25, 0.3) is 16.8 Å². The van der Waals surface area contributed by atoms with E-state index < -0.39 is 11.9 Å². The van der Waals surface area contributed by atoms with E-state index in [-0.39, 0.29) is 30.2 Å². The lowest BCUT2D eigenvalue weighted by atomic mass is 10.0. The molecule has 3 aliphatic heterocycles. The zero-order valence-corrected chi connectivity index (χ0v) is 31.4. The number of hydrogen-bond acceptors (Lipinski definition) is 12. The summed E-state index contributed by atoms with van der Waals surface area (Å²) in [6.45, 7) is 4.35. The van der Waals surface area contributed by atoms with Crippen molar-refractivity contribution in [1.29, 1.82) is 0 Å². The molecule has 3 aliphatic rings. The fourth-order valence-electron chi connectivity index (χ4n) is 7.83. The van der Waals surface area contributed by atoms with Gasteiger partial charge in [-0.1, -0.05) is 24.3 Å². The second kappa shape index (κ2) is 16.9. The minimum Gasteiger partial charge on any atom is -0.382 e. The molecule has 2 saturated heterocycles. The zero-order valence-electron chi connectivity index (χ0n) is 31.4. The van der Waals surface area contributed by atoms with Gasteiger partial charge in [-0.3, -0.25) is 33.8 Å². The van der Waals surface area contributed by atoms with E-state index in [4.69, 9.17) is 20.2 Å². The number of nitrogen functional groups attached to an aromatic ring is 1. The molecule has 294 valence electrons. The lowest BCUT2D eigenvalue weighted by Gasteiger charge is -2.29. The van der Waals surface area contributed by atoms with Crippen LogP contribution in [0.15, 0.2) is 79.3 Å². The summed E-state index contributed by atoms with van der Waals surface area (Å²) in [5, 5.41) is 8.52. The summed E-state index contributed by atoms with van der Waals surface area (Å²) < 4.78 is 13.8. The van der Waals surface area contributed by atoms with Crippen molar-refractivity contribution in [2.75, 3.05) is 62.4 Å². The highest BCUT2D eigenvalue weighted by Gasteiger charge is 2.40. The summed E-state index contributed by atoms with van der Waals surface area (Å²) in [5.41, 5.74) is 11.4. The van der Waals surface area contributed by atoms with Gasteiger partial charge in [0.05, 0.1) is 32.5 Å². The van der Waals surface area contributed by atoms with Crippen molar-refractivity contribution >= 4 is 46.5 Å². The van der Waals surface area contributed by atoms with Gasteiger partial charge in [0.25, 0.3) is 11.8 Å². The summed E-state index contributed by atoms with van der Waals surface area (Å²) in [7, 11) is 0. The zero-order chi connectivity index (χ0) is 39.3. The van der Waals surface area contributed by atoms with Crippen LogP contribution in [-0.2, 0) is 25.6 Å². The van der Waals surface area contributed by atoms with Gasteiger partial charge in [-0.25, -0.2) is 15.0 Å². The minimum atomic E-state index is -0.651. The summed E-state index contributed by atoms with van der Waals surface area (Å²) in [5.74, 6) is 0.565. The molecule has 2 fully saturated rings. The monoisotopic (exact) mass is 772 g/mol. The van der Waals surface area contributed by atoms with Crippen molar-refractivity contribution in [3.63, 3.8) is 0 Å². The number of hydrogen-bond donors (Lipinski definition) is 4. The lowest BCUT2D eigenvalue weighted by molar-refractivity contribution is -0.136. The molecule has 5 aromatic rings. The molecule has 5 N–H and O–H groups in total. The summed E-state index contributed by atoms with van der Waals surface area (Å²) in [4.78, 5) is 67.5. The molecule has 8 rings (SSSR count). The maximum Gasteiger partial charge on any atom is 0.256 e. The number of imide groups is 1. The second-order valence-electron chi connectivity index (χ2n) is 14.2. The van der Waals surface area contributed by atoms with Crippen LogP contribution in [0.2, 0.25) is 0 Å². The lowest BCUT2D eigenvalue weighted by Crippen LogP contribution is -2.52. The van der Waals surface area contributed by atoms with E-state index in [1.807, 2.05) is 40.9 Å². The number of pyridine rings is 1. The molecule has 6 heterocycles. The first-order valence-corrected chi connectivity index (χ1v) is 19.2. The molecule has 0 aliphatic carbocycles. The molecular weight excluding hydrogens is 729 g/mol. The third-order valence-corrected chi connectivity index (χ3v) is 10.6. The Labute approximate surface area is 328 Å². The maximum absolute atomic E-state index is 13.1. The molecule has 2 atom stereocenters.